The molecular weight excluding hydrogens is 200 g/mol. The fourth-order valence-corrected chi connectivity index (χ4v) is 2.79. The average Bonchev–Trinajstić information content (AvgIpc) is 2.11. The van der Waals surface area contributed by atoms with Gasteiger partial charge in [-0.1, -0.05) is 6.92 Å². The van der Waals surface area contributed by atoms with E-state index in [0.29, 0.717) is 11.7 Å². The standard InChI is InChI=1S/C14H20O2/c1-8-6-11(15)10(3)13-12(8)9(2)7-14(4,5)16-13/h6,9,15H,7H2,1-5H3. The number of aryl methyl sites for hydroxylation is 1. The third kappa shape index (κ3) is 1.66. The molecule has 1 aromatic carbocycles. The number of phenols is 1. The first kappa shape index (κ1) is 11.3. The molecular formula is C14H20O2. The quantitative estimate of drug-likeness (QED) is 0.722. The van der Waals surface area contributed by atoms with Crippen LogP contribution in [0.2, 0.25) is 0 Å². The summed E-state index contributed by atoms with van der Waals surface area (Å²) in [6.45, 7) is 10.4. The number of benzene rings is 1. The van der Waals surface area contributed by atoms with E-state index >= 15 is 0 Å². The molecule has 1 atom stereocenters. The summed E-state index contributed by atoms with van der Waals surface area (Å²) >= 11 is 0. The number of hydrogen-bond donors (Lipinski definition) is 1. The minimum absolute atomic E-state index is 0.141. The fourth-order valence-electron chi connectivity index (χ4n) is 2.79. The lowest BCUT2D eigenvalue weighted by Crippen LogP contribution is -2.34. The molecule has 0 spiro atoms. The number of phenolic OH excluding ortho intramolecular Hbond substituents is 1. The lowest BCUT2D eigenvalue weighted by molar-refractivity contribution is 0.0730. The molecule has 1 N–H and O–H groups in total. The van der Waals surface area contributed by atoms with Crippen LogP contribution in [0.15, 0.2) is 6.07 Å². The van der Waals surface area contributed by atoms with Crippen LogP contribution in [-0.4, -0.2) is 10.7 Å². The third-order valence-electron chi connectivity index (χ3n) is 3.42. The van der Waals surface area contributed by atoms with Gasteiger partial charge in [0.15, 0.2) is 0 Å². The van der Waals surface area contributed by atoms with Crippen LogP contribution in [0.1, 0.15) is 49.8 Å². The Bertz CT molecular complexity index is 433. The maximum atomic E-state index is 9.83. The van der Waals surface area contributed by atoms with Crippen molar-refractivity contribution in [2.45, 2.75) is 52.6 Å². The topological polar surface area (TPSA) is 29.5 Å². The summed E-state index contributed by atoms with van der Waals surface area (Å²) in [7, 11) is 0. The first-order valence-electron chi connectivity index (χ1n) is 5.84. The van der Waals surface area contributed by atoms with Crippen LogP contribution in [0.4, 0.5) is 0 Å². The van der Waals surface area contributed by atoms with Crippen molar-refractivity contribution >= 4 is 0 Å². The Morgan fingerprint density at radius 2 is 2.00 bits per heavy atom. The largest absolute Gasteiger partial charge is 0.508 e. The number of rotatable bonds is 0. The summed E-state index contributed by atoms with van der Waals surface area (Å²) in [5.74, 6) is 1.71. The molecule has 0 aromatic heterocycles. The fraction of sp³-hybridized carbons (Fsp3) is 0.571. The SMILES string of the molecule is Cc1cc(O)c(C)c2c1C(C)CC(C)(C)O2. The highest BCUT2D eigenvalue weighted by atomic mass is 16.5. The van der Waals surface area contributed by atoms with Crippen molar-refractivity contribution in [3.05, 3.63) is 22.8 Å². The maximum Gasteiger partial charge on any atom is 0.130 e. The van der Waals surface area contributed by atoms with Gasteiger partial charge in [-0.05, 0) is 51.7 Å². The van der Waals surface area contributed by atoms with E-state index in [-0.39, 0.29) is 5.60 Å². The van der Waals surface area contributed by atoms with Crippen molar-refractivity contribution in [1.29, 1.82) is 0 Å². The minimum atomic E-state index is -0.141. The Morgan fingerprint density at radius 3 is 2.62 bits per heavy atom. The maximum absolute atomic E-state index is 9.83. The molecule has 2 heteroatoms. The molecule has 16 heavy (non-hydrogen) atoms. The second-order valence-electron chi connectivity index (χ2n) is 5.55. The zero-order chi connectivity index (χ0) is 12.1. The molecule has 0 aliphatic carbocycles. The lowest BCUT2D eigenvalue weighted by atomic mass is 9.82. The Kier molecular flexibility index (Phi) is 2.41. The number of fused-ring (bicyclic) bond motifs is 1. The summed E-state index contributed by atoms with van der Waals surface area (Å²) in [4.78, 5) is 0. The molecule has 1 aliphatic heterocycles. The van der Waals surface area contributed by atoms with E-state index in [4.69, 9.17) is 4.74 Å². The zero-order valence-corrected chi connectivity index (χ0v) is 10.7. The normalized spacial score (nSPS) is 22.4. The molecule has 0 saturated heterocycles. The Balaban J connectivity index is 2.65. The summed E-state index contributed by atoms with van der Waals surface area (Å²) in [6.07, 6.45) is 1.02. The van der Waals surface area contributed by atoms with Crippen molar-refractivity contribution in [3.8, 4) is 11.5 Å². The van der Waals surface area contributed by atoms with Gasteiger partial charge in [-0.3, -0.25) is 0 Å². The minimum Gasteiger partial charge on any atom is -0.508 e. The highest BCUT2D eigenvalue weighted by molar-refractivity contribution is 5.55. The monoisotopic (exact) mass is 220 g/mol. The Hall–Kier alpha value is -1.18. The Morgan fingerprint density at radius 1 is 1.38 bits per heavy atom. The van der Waals surface area contributed by atoms with Gasteiger partial charge in [0, 0.05) is 11.1 Å². The van der Waals surface area contributed by atoms with Crippen molar-refractivity contribution in [2.75, 3.05) is 0 Å². The van der Waals surface area contributed by atoms with E-state index < -0.39 is 0 Å². The molecule has 88 valence electrons. The highest BCUT2D eigenvalue weighted by Crippen LogP contribution is 2.46. The van der Waals surface area contributed by atoms with E-state index in [1.165, 1.54) is 5.56 Å². The smallest absolute Gasteiger partial charge is 0.130 e. The molecule has 2 nitrogen and oxygen atoms in total. The Labute approximate surface area is 97.3 Å². The van der Waals surface area contributed by atoms with Gasteiger partial charge in [-0.25, -0.2) is 0 Å². The zero-order valence-electron chi connectivity index (χ0n) is 10.7. The van der Waals surface area contributed by atoms with Gasteiger partial charge in [-0.2, -0.15) is 0 Å². The van der Waals surface area contributed by atoms with Crippen LogP contribution in [0.3, 0.4) is 0 Å². The molecule has 0 bridgehead atoms. The molecule has 1 aliphatic rings. The molecule has 1 unspecified atom stereocenters. The van der Waals surface area contributed by atoms with Crippen LogP contribution in [0, 0.1) is 13.8 Å². The molecule has 0 fully saturated rings. The van der Waals surface area contributed by atoms with Crippen LogP contribution >= 0.6 is 0 Å². The molecule has 1 heterocycles. The van der Waals surface area contributed by atoms with E-state index in [9.17, 15) is 5.11 Å². The van der Waals surface area contributed by atoms with Gasteiger partial charge >= 0.3 is 0 Å². The van der Waals surface area contributed by atoms with Crippen LogP contribution in [0.25, 0.3) is 0 Å². The van der Waals surface area contributed by atoms with Gasteiger partial charge in [0.2, 0.25) is 0 Å². The van der Waals surface area contributed by atoms with E-state index in [2.05, 4.69) is 20.8 Å². The van der Waals surface area contributed by atoms with Gasteiger partial charge in [0.25, 0.3) is 0 Å². The first-order chi connectivity index (χ1) is 7.32. The lowest BCUT2D eigenvalue weighted by Gasteiger charge is -2.38. The second-order valence-corrected chi connectivity index (χ2v) is 5.55. The van der Waals surface area contributed by atoms with Gasteiger partial charge in [0.05, 0.1) is 0 Å². The highest BCUT2D eigenvalue weighted by Gasteiger charge is 2.34. The summed E-state index contributed by atoms with van der Waals surface area (Å²) in [6, 6.07) is 1.84. The van der Waals surface area contributed by atoms with Crippen molar-refractivity contribution in [3.63, 3.8) is 0 Å². The van der Waals surface area contributed by atoms with Crippen LogP contribution in [0.5, 0.6) is 11.5 Å². The summed E-state index contributed by atoms with van der Waals surface area (Å²) < 4.78 is 6.02. The summed E-state index contributed by atoms with van der Waals surface area (Å²) in [5, 5.41) is 9.83. The molecule has 0 amide bonds. The number of ether oxygens (including phenoxy) is 1. The van der Waals surface area contributed by atoms with Gasteiger partial charge in [-0.15, -0.1) is 0 Å². The summed E-state index contributed by atoms with van der Waals surface area (Å²) in [5.41, 5.74) is 3.10. The molecule has 1 aromatic rings. The average molecular weight is 220 g/mol. The van der Waals surface area contributed by atoms with Gasteiger partial charge < -0.3 is 9.84 Å². The predicted octanol–water partition coefficient (Wildman–Crippen LogP) is 3.67. The second kappa shape index (κ2) is 3.41. The van der Waals surface area contributed by atoms with E-state index in [1.807, 2.05) is 19.9 Å². The van der Waals surface area contributed by atoms with E-state index in [0.717, 1.165) is 23.3 Å². The van der Waals surface area contributed by atoms with E-state index in [1.54, 1.807) is 0 Å². The van der Waals surface area contributed by atoms with Gasteiger partial charge in [0.1, 0.15) is 17.1 Å². The van der Waals surface area contributed by atoms with Crippen LogP contribution in [-0.2, 0) is 0 Å². The first-order valence-corrected chi connectivity index (χ1v) is 5.84. The predicted molar refractivity (Wildman–Crippen MR) is 65.3 cm³/mol. The van der Waals surface area contributed by atoms with Crippen molar-refractivity contribution in [2.24, 2.45) is 0 Å². The number of aromatic hydroxyl groups is 1. The molecule has 2 rings (SSSR count). The molecule has 0 saturated carbocycles. The molecule has 0 radical (unpaired) electrons. The third-order valence-corrected chi connectivity index (χ3v) is 3.42. The van der Waals surface area contributed by atoms with Crippen LogP contribution < -0.4 is 4.74 Å². The van der Waals surface area contributed by atoms with Crippen molar-refractivity contribution < 1.29 is 9.84 Å². The number of hydrogen-bond acceptors (Lipinski definition) is 2. The van der Waals surface area contributed by atoms with Crippen molar-refractivity contribution in [1.82, 2.24) is 0 Å².